The maximum atomic E-state index is 13.6. The van der Waals surface area contributed by atoms with Crippen molar-refractivity contribution in [3.63, 3.8) is 0 Å². The van der Waals surface area contributed by atoms with Crippen LogP contribution in [0.3, 0.4) is 0 Å². The van der Waals surface area contributed by atoms with Crippen LogP contribution in [-0.2, 0) is 20.8 Å². The number of carbonyl (C=O) groups is 3. The summed E-state index contributed by atoms with van der Waals surface area (Å²) in [6, 6.07) is 1.80. The Hall–Kier alpha value is -3.57. The summed E-state index contributed by atoms with van der Waals surface area (Å²) in [5, 5.41) is 44.4. The molecular formula is C27H29NO7. The van der Waals surface area contributed by atoms with Crippen LogP contribution in [0.15, 0.2) is 23.0 Å². The number of aliphatic hydroxyl groups is 3. The number of hydrogen-bond donors (Lipinski definition) is 5. The number of rotatable bonds is 3. The van der Waals surface area contributed by atoms with Crippen molar-refractivity contribution in [3.8, 4) is 17.6 Å². The highest BCUT2D eigenvalue weighted by atomic mass is 16.3. The van der Waals surface area contributed by atoms with Gasteiger partial charge in [0.1, 0.15) is 22.8 Å². The number of aromatic hydroxyl groups is 1. The second kappa shape index (κ2) is 8.58. The van der Waals surface area contributed by atoms with Crippen molar-refractivity contribution in [1.29, 1.82) is 0 Å². The third kappa shape index (κ3) is 3.53. The second-order valence-corrected chi connectivity index (χ2v) is 9.83. The first-order valence-electron chi connectivity index (χ1n) is 11.8. The van der Waals surface area contributed by atoms with Gasteiger partial charge in [-0.25, -0.2) is 0 Å². The molecular weight excluding hydrogens is 450 g/mol. The zero-order valence-electron chi connectivity index (χ0n) is 19.9. The van der Waals surface area contributed by atoms with Crippen molar-refractivity contribution in [3.05, 3.63) is 45.2 Å². The van der Waals surface area contributed by atoms with Crippen molar-refractivity contribution < 1.29 is 34.8 Å². The number of unbranched alkanes of at least 4 members (excludes halogenated alkanes) is 1. The third-order valence-electron chi connectivity index (χ3n) is 7.32. The molecule has 0 heterocycles. The number of phenols is 1. The number of hydrogen-bond acceptors (Lipinski definition) is 7. The van der Waals surface area contributed by atoms with Crippen molar-refractivity contribution in [2.45, 2.75) is 64.4 Å². The summed E-state index contributed by atoms with van der Waals surface area (Å²) in [6.45, 7) is 5.94. The maximum absolute atomic E-state index is 13.6. The maximum Gasteiger partial charge on any atom is 0.255 e. The van der Waals surface area contributed by atoms with E-state index in [1.54, 1.807) is 6.07 Å². The van der Waals surface area contributed by atoms with Gasteiger partial charge >= 0.3 is 0 Å². The van der Waals surface area contributed by atoms with E-state index >= 15 is 0 Å². The first-order chi connectivity index (χ1) is 16.4. The molecule has 0 spiro atoms. The van der Waals surface area contributed by atoms with Gasteiger partial charge in [-0.3, -0.25) is 14.4 Å². The van der Waals surface area contributed by atoms with E-state index in [9.17, 15) is 34.8 Å². The minimum atomic E-state index is -2.56. The summed E-state index contributed by atoms with van der Waals surface area (Å²) in [4.78, 5) is 37.8. The topological polar surface area (TPSA) is 158 Å². The molecule has 0 aromatic heterocycles. The van der Waals surface area contributed by atoms with Crippen molar-refractivity contribution >= 4 is 23.2 Å². The van der Waals surface area contributed by atoms with Gasteiger partial charge in [0, 0.05) is 24.3 Å². The number of nitrogens with two attached hydrogens (primary N) is 1. The lowest BCUT2D eigenvalue weighted by Crippen LogP contribution is -2.58. The van der Waals surface area contributed by atoms with Crippen molar-refractivity contribution in [2.24, 2.45) is 17.6 Å². The van der Waals surface area contributed by atoms with Crippen LogP contribution in [0.25, 0.3) is 5.76 Å². The van der Waals surface area contributed by atoms with E-state index in [1.807, 2.05) is 20.8 Å². The smallest absolute Gasteiger partial charge is 0.255 e. The first kappa shape index (κ1) is 24.6. The highest BCUT2D eigenvalue weighted by Gasteiger charge is 2.60. The number of fused-ring (bicyclic) bond motifs is 3. The molecule has 4 rings (SSSR count). The summed E-state index contributed by atoms with van der Waals surface area (Å²) in [7, 11) is 0. The van der Waals surface area contributed by atoms with Gasteiger partial charge in [-0.1, -0.05) is 32.6 Å². The molecule has 184 valence electrons. The van der Waals surface area contributed by atoms with Gasteiger partial charge in [-0.15, -0.1) is 0 Å². The Morgan fingerprint density at radius 1 is 1.23 bits per heavy atom. The molecule has 1 aromatic carbocycles. The van der Waals surface area contributed by atoms with Gasteiger partial charge in [0.2, 0.25) is 5.78 Å². The summed E-state index contributed by atoms with van der Waals surface area (Å²) < 4.78 is 0. The highest BCUT2D eigenvalue weighted by Crippen LogP contribution is 2.53. The van der Waals surface area contributed by atoms with E-state index in [2.05, 4.69) is 11.8 Å². The monoisotopic (exact) mass is 479 g/mol. The van der Waals surface area contributed by atoms with Gasteiger partial charge in [0.25, 0.3) is 5.91 Å². The van der Waals surface area contributed by atoms with Crippen LogP contribution < -0.4 is 5.73 Å². The lowest BCUT2D eigenvalue weighted by atomic mass is 9.59. The minimum absolute atomic E-state index is 0.0306. The lowest BCUT2D eigenvalue weighted by molar-refractivity contribution is -0.147. The first-order valence-corrected chi connectivity index (χ1v) is 11.8. The summed E-state index contributed by atoms with van der Waals surface area (Å²) in [5.41, 5.74) is 3.68. The molecule has 3 atom stereocenters. The number of aliphatic hydroxyl groups excluding tert-OH is 2. The van der Waals surface area contributed by atoms with Crippen LogP contribution in [-0.4, -0.2) is 43.5 Å². The molecule has 0 bridgehead atoms. The molecule has 3 aliphatic carbocycles. The average molecular weight is 480 g/mol. The number of carbonyl (C=O) groups excluding carboxylic acids is 3. The molecule has 0 saturated heterocycles. The van der Waals surface area contributed by atoms with E-state index in [4.69, 9.17) is 5.73 Å². The summed E-state index contributed by atoms with van der Waals surface area (Å²) in [6.07, 6.45) is 1.53. The Kier molecular flexibility index (Phi) is 6.02. The number of amides is 1. The molecule has 8 nitrogen and oxygen atoms in total. The molecule has 1 aromatic rings. The highest BCUT2D eigenvalue weighted by molar-refractivity contribution is 6.22. The predicted molar refractivity (Wildman–Crippen MR) is 127 cm³/mol. The molecule has 6 N–H and O–H groups in total. The lowest BCUT2D eigenvalue weighted by Gasteiger charge is -2.46. The van der Waals surface area contributed by atoms with Crippen LogP contribution >= 0.6 is 0 Å². The van der Waals surface area contributed by atoms with Gasteiger partial charge in [0.15, 0.2) is 11.4 Å². The van der Waals surface area contributed by atoms with Gasteiger partial charge in [-0.2, -0.15) is 0 Å². The van der Waals surface area contributed by atoms with Crippen molar-refractivity contribution in [2.75, 3.05) is 0 Å². The Morgan fingerprint density at radius 3 is 2.51 bits per heavy atom. The zero-order valence-corrected chi connectivity index (χ0v) is 19.9. The average Bonchev–Trinajstić information content (AvgIpc) is 2.77. The number of ketones is 2. The van der Waals surface area contributed by atoms with E-state index in [0.717, 1.165) is 12.0 Å². The van der Waals surface area contributed by atoms with E-state index < -0.39 is 52.0 Å². The summed E-state index contributed by atoms with van der Waals surface area (Å²) >= 11 is 0. The van der Waals surface area contributed by atoms with Crippen LogP contribution in [0.4, 0.5) is 0 Å². The standard InChI is InChI=1S/C27H29NO7/c1-4-5-6-7-13-9-16(12(2)3)17-10-14-8-15-11-18(29)21(26(28)34)25(33)27(15,35)24(32)19(14)23(31)20(17)22(13)30/h9,12,14-15,30-31,33,35H,4-5,8,10-11H2,1-3H3,(H2,28,34)/t14-,15+,27+/m0/s1. The molecule has 3 aliphatic rings. The van der Waals surface area contributed by atoms with Crippen LogP contribution in [0.2, 0.25) is 0 Å². The predicted octanol–water partition coefficient (Wildman–Crippen LogP) is 2.70. The van der Waals surface area contributed by atoms with Crippen LogP contribution in [0.5, 0.6) is 5.75 Å². The number of phenolic OH excluding ortho intramolecular Hbond substituents is 1. The zero-order chi connectivity index (χ0) is 25.8. The number of benzene rings is 1. The number of Topliss-reactive ketones (excluding diaryl/α,β-unsaturated/α-hetero) is 2. The SMILES string of the molecule is CCCC#Cc1cc(C(C)C)c2c(c1O)C(O)=C1C(=O)[C@@]3(O)C(O)=C(C(N)=O)C(=O)C[C@H]3C[C@H]1C2. The quantitative estimate of drug-likeness (QED) is 0.329. The normalized spacial score (nSPS) is 25.6. The molecule has 8 heteroatoms. The second-order valence-electron chi connectivity index (χ2n) is 9.83. The Labute approximate surface area is 203 Å². The Morgan fingerprint density at radius 2 is 1.91 bits per heavy atom. The molecule has 0 unspecified atom stereocenters. The van der Waals surface area contributed by atoms with Gasteiger partial charge in [-0.05, 0) is 48.3 Å². The fourth-order valence-electron chi connectivity index (χ4n) is 5.61. The summed E-state index contributed by atoms with van der Waals surface area (Å²) in [5.74, 6) is -0.374. The van der Waals surface area contributed by atoms with Gasteiger partial charge in [0.05, 0.1) is 11.1 Å². The van der Waals surface area contributed by atoms with E-state index in [1.165, 1.54) is 0 Å². The molecule has 35 heavy (non-hydrogen) atoms. The molecule has 1 saturated carbocycles. The molecule has 0 aliphatic heterocycles. The van der Waals surface area contributed by atoms with Crippen molar-refractivity contribution in [1.82, 2.24) is 0 Å². The molecule has 1 fully saturated rings. The Bertz CT molecular complexity index is 1290. The van der Waals surface area contributed by atoms with Crippen LogP contribution in [0, 0.1) is 23.7 Å². The van der Waals surface area contributed by atoms with Crippen LogP contribution in [0.1, 0.15) is 74.6 Å². The molecule has 1 amide bonds. The fourth-order valence-corrected chi connectivity index (χ4v) is 5.61. The van der Waals surface area contributed by atoms with E-state index in [-0.39, 0.29) is 42.1 Å². The largest absolute Gasteiger partial charge is 0.508 e. The Balaban J connectivity index is 1.95. The van der Waals surface area contributed by atoms with E-state index in [0.29, 0.717) is 17.5 Å². The number of primary amides is 1. The fraction of sp³-hybridized carbons (Fsp3) is 0.444. The third-order valence-corrected chi connectivity index (χ3v) is 7.32. The molecule has 0 radical (unpaired) electrons. The van der Waals surface area contributed by atoms with Gasteiger partial charge < -0.3 is 26.2 Å². The minimum Gasteiger partial charge on any atom is -0.508 e.